The summed E-state index contributed by atoms with van der Waals surface area (Å²) in [5.41, 5.74) is -7.17. The lowest BCUT2D eigenvalue weighted by atomic mass is 9.97. The highest BCUT2D eigenvalue weighted by Gasteiger charge is 2.84. The SMILES string of the molecule is O=C(Nc1c(Cl)cccc1Cl)NC(C(F)(F)F)(C(F)(F)F)C(F)(F)F. The van der Waals surface area contributed by atoms with Crippen LogP contribution < -0.4 is 10.6 Å². The van der Waals surface area contributed by atoms with E-state index in [1.807, 2.05) is 0 Å². The first-order valence-corrected chi connectivity index (χ1v) is 6.53. The van der Waals surface area contributed by atoms with E-state index in [2.05, 4.69) is 0 Å². The van der Waals surface area contributed by atoms with Crippen LogP contribution in [0.4, 0.5) is 50.0 Å². The Morgan fingerprint density at radius 1 is 0.800 bits per heavy atom. The predicted octanol–water partition coefficient (Wildman–Crippen LogP) is 5.54. The van der Waals surface area contributed by atoms with Gasteiger partial charge in [-0.25, -0.2) is 4.79 Å². The van der Waals surface area contributed by atoms with Crippen molar-refractivity contribution in [1.82, 2.24) is 5.32 Å². The van der Waals surface area contributed by atoms with E-state index in [1.165, 1.54) is 11.4 Å². The van der Waals surface area contributed by atoms with E-state index in [0.717, 1.165) is 12.1 Å². The average Bonchev–Trinajstić information content (AvgIpc) is 2.36. The standard InChI is InChI=1S/C11H5Cl2F9N2O/c12-4-2-1-3-5(13)6(4)23-7(25)24-8(9(14,15)16,10(17,18)19)11(20,21)22/h1-3H,(H2,23,24,25). The van der Waals surface area contributed by atoms with Crippen molar-refractivity contribution in [2.24, 2.45) is 0 Å². The highest BCUT2D eigenvalue weighted by atomic mass is 35.5. The van der Waals surface area contributed by atoms with E-state index in [1.54, 1.807) is 0 Å². The number of para-hydroxylation sites is 1. The Morgan fingerprint density at radius 3 is 1.48 bits per heavy atom. The number of amides is 2. The van der Waals surface area contributed by atoms with Gasteiger partial charge in [-0.05, 0) is 12.1 Å². The first-order valence-electron chi connectivity index (χ1n) is 5.78. The van der Waals surface area contributed by atoms with E-state index in [-0.39, 0.29) is 5.32 Å². The molecular formula is C11H5Cl2F9N2O. The van der Waals surface area contributed by atoms with Crippen LogP contribution in [0.1, 0.15) is 0 Å². The molecule has 0 aliphatic rings. The molecule has 1 aromatic carbocycles. The van der Waals surface area contributed by atoms with Gasteiger partial charge in [0.05, 0.1) is 15.7 Å². The Balaban J connectivity index is 3.34. The van der Waals surface area contributed by atoms with Crippen LogP contribution in [-0.2, 0) is 0 Å². The predicted molar refractivity (Wildman–Crippen MR) is 69.5 cm³/mol. The summed E-state index contributed by atoms with van der Waals surface area (Å²) in [6.07, 6.45) is -20.8. The van der Waals surface area contributed by atoms with E-state index in [0.29, 0.717) is 0 Å². The number of urea groups is 1. The molecule has 0 bridgehead atoms. The third-order valence-corrected chi connectivity index (χ3v) is 3.41. The number of hydrogen-bond acceptors (Lipinski definition) is 1. The molecule has 1 rings (SSSR count). The quantitative estimate of drug-likeness (QED) is 0.603. The molecule has 0 aromatic heterocycles. The van der Waals surface area contributed by atoms with Crippen LogP contribution >= 0.6 is 23.2 Å². The number of rotatable bonds is 2. The Kier molecular flexibility index (Phi) is 5.70. The lowest BCUT2D eigenvalue weighted by Gasteiger charge is -2.38. The zero-order valence-electron chi connectivity index (χ0n) is 11.3. The lowest BCUT2D eigenvalue weighted by molar-refractivity contribution is -0.386. The summed E-state index contributed by atoms with van der Waals surface area (Å²) in [4.78, 5) is 11.4. The topological polar surface area (TPSA) is 41.1 Å². The molecule has 0 aliphatic carbocycles. The van der Waals surface area contributed by atoms with Crippen molar-refractivity contribution in [1.29, 1.82) is 0 Å². The van der Waals surface area contributed by atoms with Crippen LogP contribution in [-0.4, -0.2) is 30.1 Å². The van der Waals surface area contributed by atoms with E-state index >= 15 is 0 Å². The maximum atomic E-state index is 12.7. The zero-order chi connectivity index (χ0) is 19.8. The van der Waals surface area contributed by atoms with Crippen LogP contribution in [0.2, 0.25) is 10.0 Å². The van der Waals surface area contributed by atoms with Crippen molar-refractivity contribution in [3.05, 3.63) is 28.2 Å². The third kappa shape index (κ3) is 4.00. The summed E-state index contributed by atoms with van der Waals surface area (Å²) in [5.74, 6) is 0. The van der Waals surface area contributed by atoms with Crippen LogP contribution in [0.5, 0.6) is 0 Å². The average molecular weight is 423 g/mol. The molecular weight excluding hydrogens is 418 g/mol. The van der Waals surface area contributed by atoms with Gasteiger partial charge in [-0.15, -0.1) is 0 Å². The monoisotopic (exact) mass is 422 g/mol. The van der Waals surface area contributed by atoms with Gasteiger partial charge in [-0.3, -0.25) is 0 Å². The van der Waals surface area contributed by atoms with Crippen molar-refractivity contribution >= 4 is 34.9 Å². The van der Waals surface area contributed by atoms with E-state index in [4.69, 9.17) is 23.2 Å². The van der Waals surface area contributed by atoms with Crippen molar-refractivity contribution in [2.45, 2.75) is 24.1 Å². The van der Waals surface area contributed by atoms with Gasteiger partial charge in [0.1, 0.15) is 0 Å². The normalized spacial score (nSPS) is 13.6. The third-order valence-electron chi connectivity index (χ3n) is 2.78. The minimum absolute atomic E-state index is 0.0890. The van der Waals surface area contributed by atoms with Gasteiger partial charge < -0.3 is 10.6 Å². The maximum absolute atomic E-state index is 12.7. The Morgan fingerprint density at radius 2 is 1.16 bits per heavy atom. The fourth-order valence-electron chi connectivity index (χ4n) is 1.63. The molecule has 0 unspecified atom stereocenters. The molecule has 1 aromatic rings. The number of carbonyl (C=O) groups is 1. The van der Waals surface area contributed by atoms with E-state index < -0.39 is 45.8 Å². The second-order valence-corrected chi connectivity index (χ2v) is 5.23. The van der Waals surface area contributed by atoms with E-state index in [9.17, 15) is 44.3 Å². The molecule has 14 heteroatoms. The molecule has 2 amide bonds. The second kappa shape index (κ2) is 6.63. The summed E-state index contributed by atoms with van der Waals surface area (Å²) in [6, 6.07) is 0.808. The summed E-state index contributed by atoms with van der Waals surface area (Å²) in [6.45, 7) is 0. The van der Waals surface area contributed by atoms with Crippen LogP contribution in [0.25, 0.3) is 0 Å². The number of nitrogens with one attached hydrogen (secondary N) is 2. The Bertz CT molecular complexity index is 598. The van der Waals surface area contributed by atoms with Gasteiger partial charge in [0.15, 0.2) is 0 Å². The molecule has 0 heterocycles. The Hall–Kier alpha value is -1.56. The second-order valence-electron chi connectivity index (χ2n) is 4.42. The summed E-state index contributed by atoms with van der Waals surface area (Å²) in [5, 5.41) is 0.385. The molecule has 0 aliphatic heterocycles. The van der Waals surface area contributed by atoms with Gasteiger partial charge in [-0.2, -0.15) is 39.5 Å². The van der Waals surface area contributed by atoms with Gasteiger partial charge in [0.2, 0.25) is 0 Å². The number of halogens is 11. The largest absolute Gasteiger partial charge is 0.429 e. The minimum atomic E-state index is -6.94. The molecule has 0 spiro atoms. The summed E-state index contributed by atoms with van der Waals surface area (Å²) < 4.78 is 114. The molecule has 142 valence electrons. The molecule has 0 radical (unpaired) electrons. The van der Waals surface area contributed by atoms with Crippen molar-refractivity contribution in [3.63, 3.8) is 0 Å². The van der Waals surface area contributed by atoms with Gasteiger partial charge in [-0.1, -0.05) is 29.3 Å². The molecule has 3 nitrogen and oxygen atoms in total. The van der Waals surface area contributed by atoms with Gasteiger partial charge >= 0.3 is 30.1 Å². The fraction of sp³-hybridized carbons (Fsp3) is 0.364. The van der Waals surface area contributed by atoms with Crippen molar-refractivity contribution < 1.29 is 44.3 Å². The highest BCUT2D eigenvalue weighted by Crippen LogP contribution is 2.52. The molecule has 25 heavy (non-hydrogen) atoms. The smallest absolute Gasteiger partial charge is 0.308 e. The number of benzene rings is 1. The van der Waals surface area contributed by atoms with Crippen LogP contribution in [0.15, 0.2) is 18.2 Å². The maximum Gasteiger partial charge on any atom is 0.429 e. The number of hydrogen-bond donors (Lipinski definition) is 2. The number of anilines is 1. The van der Waals surface area contributed by atoms with Gasteiger partial charge in [0.25, 0.3) is 0 Å². The Labute approximate surface area is 143 Å². The minimum Gasteiger partial charge on any atom is -0.308 e. The number of carbonyl (C=O) groups excluding carboxylic acids is 1. The molecule has 2 N–H and O–H groups in total. The molecule has 0 fully saturated rings. The zero-order valence-corrected chi connectivity index (χ0v) is 12.8. The highest BCUT2D eigenvalue weighted by molar-refractivity contribution is 6.39. The van der Waals surface area contributed by atoms with Crippen LogP contribution in [0, 0.1) is 0 Å². The molecule has 0 saturated heterocycles. The molecule has 0 atom stereocenters. The van der Waals surface area contributed by atoms with Crippen LogP contribution in [0.3, 0.4) is 0 Å². The summed E-state index contributed by atoms with van der Waals surface area (Å²) >= 11 is 11.0. The first kappa shape index (κ1) is 21.5. The fourth-order valence-corrected chi connectivity index (χ4v) is 2.12. The number of alkyl halides is 9. The van der Waals surface area contributed by atoms with Gasteiger partial charge in [0, 0.05) is 0 Å². The lowest BCUT2D eigenvalue weighted by Crippen LogP contribution is -2.75. The summed E-state index contributed by atoms with van der Waals surface area (Å²) in [7, 11) is 0. The van der Waals surface area contributed by atoms with Crippen molar-refractivity contribution in [2.75, 3.05) is 5.32 Å². The van der Waals surface area contributed by atoms with Crippen molar-refractivity contribution in [3.8, 4) is 0 Å². The molecule has 0 saturated carbocycles. The first-order chi connectivity index (χ1) is 11.0.